The van der Waals surface area contributed by atoms with Gasteiger partial charge in [-0.15, -0.1) is 10.2 Å². The summed E-state index contributed by atoms with van der Waals surface area (Å²) in [5, 5.41) is 10.2. The third kappa shape index (κ3) is 4.57. The number of rotatable bonds is 6. The van der Waals surface area contributed by atoms with Gasteiger partial charge in [-0.25, -0.2) is 13.1 Å². The summed E-state index contributed by atoms with van der Waals surface area (Å²) < 4.78 is 31.9. The molecule has 0 saturated heterocycles. The Kier molecular flexibility index (Phi) is 5.33. The lowest BCUT2D eigenvalue weighted by Crippen LogP contribution is -2.30. The summed E-state index contributed by atoms with van der Waals surface area (Å²) in [6, 6.07) is 12.5. The molecule has 0 aliphatic carbocycles. The van der Waals surface area contributed by atoms with Gasteiger partial charge in [-0.3, -0.25) is 4.79 Å². The molecule has 0 aliphatic rings. The average molecular weight is 386 g/mol. The molecule has 27 heavy (non-hydrogen) atoms. The van der Waals surface area contributed by atoms with Crippen LogP contribution in [0.3, 0.4) is 0 Å². The van der Waals surface area contributed by atoms with E-state index in [1.807, 2.05) is 0 Å². The number of carbonyl (C=O) groups is 1. The predicted molar refractivity (Wildman–Crippen MR) is 99.6 cm³/mol. The molecule has 1 heterocycles. The summed E-state index contributed by atoms with van der Waals surface area (Å²) in [7, 11) is -3.60. The van der Waals surface area contributed by atoms with Crippen molar-refractivity contribution in [3.05, 3.63) is 60.5 Å². The van der Waals surface area contributed by atoms with Gasteiger partial charge < -0.3 is 9.73 Å². The van der Waals surface area contributed by atoms with Crippen LogP contribution in [0, 0.1) is 0 Å². The molecule has 3 aromatic rings. The van der Waals surface area contributed by atoms with Gasteiger partial charge in [0, 0.05) is 22.9 Å². The number of hydrogen-bond donors (Lipinski definition) is 2. The van der Waals surface area contributed by atoms with Gasteiger partial charge >= 0.3 is 0 Å². The van der Waals surface area contributed by atoms with Crippen LogP contribution < -0.4 is 10.0 Å². The molecule has 0 saturated carbocycles. The van der Waals surface area contributed by atoms with E-state index < -0.39 is 10.0 Å². The number of nitrogens with one attached hydrogen (secondary N) is 2. The van der Waals surface area contributed by atoms with Gasteiger partial charge in [0.15, 0.2) is 0 Å². The summed E-state index contributed by atoms with van der Waals surface area (Å²) in [6.07, 6.45) is 1.23. The summed E-state index contributed by atoms with van der Waals surface area (Å²) in [5.74, 6) is -0.0169. The number of aromatic nitrogens is 2. The first-order valence-electron chi connectivity index (χ1n) is 8.15. The quantitative estimate of drug-likeness (QED) is 0.673. The minimum atomic E-state index is -3.60. The molecule has 0 bridgehead atoms. The zero-order valence-electron chi connectivity index (χ0n) is 14.7. The number of sulfonamides is 1. The maximum atomic E-state index is 12.4. The van der Waals surface area contributed by atoms with E-state index in [2.05, 4.69) is 20.2 Å². The largest absolute Gasteiger partial charge is 0.423 e. The van der Waals surface area contributed by atoms with Crippen molar-refractivity contribution in [2.75, 3.05) is 5.32 Å². The van der Waals surface area contributed by atoms with Gasteiger partial charge in [-0.1, -0.05) is 6.07 Å². The predicted octanol–water partition coefficient (Wildman–Crippen LogP) is 2.68. The number of carbonyl (C=O) groups excluding carboxylic acids is 1. The molecular weight excluding hydrogens is 368 g/mol. The lowest BCUT2D eigenvalue weighted by Gasteiger charge is -2.10. The smallest absolute Gasteiger partial charge is 0.255 e. The van der Waals surface area contributed by atoms with Crippen LogP contribution in [0.2, 0.25) is 0 Å². The molecule has 8 nitrogen and oxygen atoms in total. The Morgan fingerprint density at radius 3 is 2.48 bits per heavy atom. The van der Waals surface area contributed by atoms with Gasteiger partial charge in [0.2, 0.25) is 22.3 Å². The van der Waals surface area contributed by atoms with Crippen molar-refractivity contribution in [1.82, 2.24) is 14.9 Å². The molecule has 0 atom stereocenters. The zero-order valence-corrected chi connectivity index (χ0v) is 15.5. The Bertz CT molecular complexity index is 1030. The van der Waals surface area contributed by atoms with Crippen LogP contribution in [0.1, 0.15) is 24.2 Å². The van der Waals surface area contributed by atoms with Crippen molar-refractivity contribution in [3.63, 3.8) is 0 Å². The highest BCUT2D eigenvalue weighted by Gasteiger charge is 2.16. The fraction of sp³-hybridized carbons (Fsp3) is 0.167. The first-order chi connectivity index (χ1) is 12.8. The average Bonchev–Trinajstić information content (AvgIpc) is 3.16. The third-order valence-electron chi connectivity index (χ3n) is 3.55. The maximum Gasteiger partial charge on any atom is 0.255 e. The van der Waals surface area contributed by atoms with Gasteiger partial charge in [0.25, 0.3) is 5.91 Å². The topological polar surface area (TPSA) is 114 Å². The molecular formula is C18H18N4O4S. The highest BCUT2D eigenvalue weighted by molar-refractivity contribution is 7.89. The summed E-state index contributed by atoms with van der Waals surface area (Å²) in [4.78, 5) is 12.5. The van der Waals surface area contributed by atoms with Crippen molar-refractivity contribution in [2.45, 2.75) is 24.8 Å². The van der Waals surface area contributed by atoms with Crippen LogP contribution in [0.4, 0.5) is 5.69 Å². The minimum absolute atomic E-state index is 0.103. The van der Waals surface area contributed by atoms with Crippen molar-refractivity contribution >= 4 is 21.6 Å². The number of hydrogen-bond acceptors (Lipinski definition) is 6. The van der Waals surface area contributed by atoms with Gasteiger partial charge in [0.05, 0.1) is 4.90 Å². The molecule has 0 spiro atoms. The monoisotopic (exact) mass is 386 g/mol. The fourth-order valence-corrected chi connectivity index (χ4v) is 3.65. The fourth-order valence-electron chi connectivity index (χ4n) is 2.40. The normalized spacial score (nSPS) is 11.5. The van der Waals surface area contributed by atoms with Crippen molar-refractivity contribution in [2.24, 2.45) is 0 Å². The van der Waals surface area contributed by atoms with E-state index >= 15 is 0 Å². The first-order valence-corrected chi connectivity index (χ1v) is 9.64. The highest BCUT2D eigenvalue weighted by atomic mass is 32.2. The molecule has 0 aliphatic heterocycles. The van der Waals surface area contributed by atoms with Gasteiger partial charge in [-0.05, 0) is 56.3 Å². The van der Waals surface area contributed by atoms with E-state index in [1.165, 1.54) is 30.7 Å². The molecule has 9 heteroatoms. The van der Waals surface area contributed by atoms with Crippen LogP contribution in [-0.2, 0) is 10.0 Å². The number of anilines is 1. The Balaban J connectivity index is 1.74. The van der Waals surface area contributed by atoms with Crippen LogP contribution in [0.15, 0.2) is 64.2 Å². The lowest BCUT2D eigenvalue weighted by molar-refractivity contribution is 0.102. The zero-order chi connectivity index (χ0) is 19.4. The van der Waals surface area contributed by atoms with E-state index in [4.69, 9.17) is 4.42 Å². The Morgan fingerprint density at radius 2 is 1.85 bits per heavy atom. The van der Waals surface area contributed by atoms with Crippen molar-refractivity contribution < 1.29 is 17.6 Å². The van der Waals surface area contributed by atoms with Gasteiger partial charge in [0.1, 0.15) is 0 Å². The van der Waals surface area contributed by atoms with Crippen molar-refractivity contribution in [3.8, 4) is 11.5 Å². The van der Waals surface area contributed by atoms with Gasteiger partial charge in [-0.2, -0.15) is 0 Å². The summed E-state index contributed by atoms with van der Waals surface area (Å²) in [6.45, 7) is 3.48. The lowest BCUT2D eigenvalue weighted by atomic mass is 10.1. The summed E-state index contributed by atoms with van der Waals surface area (Å²) in [5.41, 5.74) is 1.56. The Morgan fingerprint density at radius 1 is 1.11 bits per heavy atom. The van der Waals surface area contributed by atoms with E-state index in [1.54, 1.807) is 38.1 Å². The standard InChI is InChI=1S/C18H18N4O4S/c1-12(2)22-27(24,25)16-8-6-13(7-9-16)17(23)20-15-5-3-4-14(10-15)18-21-19-11-26-18/h3-12,22H,1-2H3,(H,20,23). The molecule has 1 amide bonds. The van der Waals surface area contributed by atoms with Crippen LogP contribution in [0.25, 0.3) is 11.5 Å². The Hall–Kier alpha value is -3.04. The van der Waals surface area contributed by atoms with Crippen LogP contribution in [0.5, 0.6) is 0 Å². The molecule has 2 N–H and O–H groups in total. The molecule has 0 fully saturated rings. The number of nitrogens with zero attached hydrogens (tertiary/aromatic N) is 2. The maximum absolute atomic E-state index is 12.4. The second-order valence-electron chi connectivity index (χ2n) is 6.08. The van der Waals surface area contributed by atoms with Crippen LogP contribution >= 0.6 is 0 Å². The molecule has 2 aromatic carbocycles. The first kappa shape index (κ1) is 18.7. The van der Waals surface area contributed by atoms with E-state index in [9.17, 15) is 13.2 Å². The number of amides is 1. The van der Waals surface area contributed by atoms with E-state index in [0.29, 0.717) is 22.7 Å². The van der Waals surface area contributed by atoms with Crippen molar-refractivity contribution in [1.29, 1.82) is 0 Å². The highest BCUT2D eigenvalue weighted by Crippen LogP contribution is 2.21. The molecule has 140 valence electrons. The molecule has 1 aromatic heterocycles. The SMILES string of the molecule is CC(C)NS(=O)(=O)c1ccc(C(=O)Nc2cccc(-c3nnco3)c2)cc1. The van der Waals surface area contributed by atoms with Crippen LogP contribution in [-0.4, -0.2) is 30.6 Å². The second-order valence-corrected chi connectivity index (χ2v) is 7.79. The molecule has 0 radical (unpaired) electrons. The third-order valence-corrected chi connectivity index (χ3v) is 5.22. The molecule has 3 rings (SSSR count). The number of benzene rings is 2. The second kappa shape index (κ2) is 7.68. The summed E-state index contributed by atoms with van der Waals surface area (Å²) >= 11 is 0. The van der Waals surface area contributed by atoms with E-state index in [0.717, 1.165) is 0 Å². The molecule has 0 unspecified atom stereocenters. The minimum Gasteiger partial charge on any atom is -0.423 e. The van der Waals surface area contributed by atoms with E-state index in [-0.39, 0.29) is 16.8 Å². The Labute approximate surface area is 156 Å².